The van der Waals surface area contributed by atoms with Crippen LogP contribution in [0.15, 0.2) is 59.3 Å². The average molecular weight is 381 g/mol. The molecule has 0 radical (unpaired) electrons. The van der Waals surface area contributed by atoms with E-state index in [1.54, 1.807) is 6.33 Å². The zero-order chi connectivity index (χ0) is 16.7. The predicted octanol–water partition coefficient (Wildman–Crippen LogP) is 4.71. The maximum Gasteiger partial charge on any atom is 0.226 e. The molecule has 1 N–H and O–H groups in total. The third-order valence-electron chi connectivity index (χ3n) is 4.31. The number of hydrogen-bond acceptors (Lipinski definition) is 3. The molecule has 1 aliphatic rings. The monoisotopic (exact) mass is 380 g/mol. The van der Waals surface area contributed by atoms with Crippen LogP contribution >= 0.6 is 15.9 Å². The first-order valence-corrected chi connectivity index (χ1v) is 8.62. The summed E-state index contributed by atoms with van der Waals surface area (Å²) in [6.45, 7) is 4.26. The van der Waals surface area contributed by atoms with Gasteiger partial charge in [-0.05, 0) is 48.7 Å². The summed E-state index contributed by atoms with van der Waals surface area (Å²) in [5.41, 5.74) is 5.94. The standard InChI is InChI=1S/C19H17BrN4/c1-12-3-8-16(13(2)9-12)18-10-17(14-4-6-15(20)7-5-14)23-19-21-11-22-24(18)19/h3-11,18H,1-2H3,(H,21,22,23)/t18-/m0/s1. The Balaban J connectivity index is 1.83. The summed E-state index contributed by atoms with van der Waals surface area (Å²) in [6, 6.07) is 14.8. The van der Waals surface area contributed by atoms with Gasteiger partial charge in [-0.3, -0.25) is 0 Å². The van der Waals surface area contributed by atoms with E-state index in [2.05, 4.69) is 81.6 Å². The number of anilines is 1. The fourth-order valence-electron chi connectivity index (χ4n) is 3.11. The second kappa shape index (κ2) is 5.91. The van der Waals surface area contributed by atoms with Crippen LogP contribution in [0.5, 0.6) is 0 Å². The van der Waals surface area contributed by atoms with Gasteiger partial charge in [0.25, 0.3) is 0 Å². The molecule has 0 fully saturated rings. The molecule has 1 atom stereocenters. The van der Waals surface area contributed by atoms with Gasteiger partial charge in [0.1, 0.15) is 12.4 Å². The van der Waals surface area contributed by atoms with Crippen LogP contribution < -0.4 is 5.32 Å². The van der Waals surface area contributed by atoms with Crippen LogP contribution in [0.1, 0.15) is 28.3 Å². The highest BCUT2D eigenvalue weighted by molar-refractivity contribution is 9.10. The Kier molecular flexibility index (Phi) is 3.73. The Hall–Kier alpha value is -2.40. The van der Waals surface area contributed by atoms with Crippen LogP contribution in [0, 0.1) is 13.8 Å². The number of allylic oxidation sites excluding steroid dienone is 1. The minimum atomic E-state index is 0.0306. The Morgan fingerprint density at radius 2 is 1.88 bits per heavy atom. The van der Waals surface area contributed by atoms with Crippen molar-refractivity contribution < 1.29 is 0 Å². The number of aromatic nitrogens is 3. The van der Waals surface area contributed by atoms with Gasteiger partial charge < -0.3 is 5.32 Å². The van der Waals surface area contributed by atoms with Gasteiger partial charge in [0.2, 0.25) is 5.95 Å². The second-order valence-corrected chi connectivity index (χ2v) is 6.96. The van der Waals surface area contributed by atoms with Gasteiger partial charge >= 0.3 is 0 Å². The lowest BCUT2D eigenvalue weighted by atomic mass is 9.96. The molecule has 4 nitrogen and oxygen atoms in total. The van der Waals surface area contributed by atoms with Crippen molar-refractivity contribution in [3.05, 3.63) is 81.6 Å². The molecule has 0 saturated carbocycles. The fourth-order valence-corrected chi connectivity index (χ4v) is 3.37. The van der Waals surface area contributed by atoms with Crippen molar-refractivity contribution in [3.63, 3.8) is 0 Å². The van der Waals surface area contributed by atoms with Gasteiger partial charge in [0.15, 0.2) is 0 Å². The van der Waals surface area contributed by atoms with E-state index in [-0.39, 0.29) is 6.04 Å². The summed E-state index contributed by atoms with van der Waals surface area (Å²) in [4.78, 5) is 4.36. The zero-order valence-electron chi connectivity index (χ0n) is 13.5. The predicted molar refractivity (Wildman–Crippen MR) is 99.8 cm³/mol. The number of nitrogens with one attached hydrogen (secondary N) is 1. The molecule has 0 amide bonds. The zero-order valence-corrected chi connectivity index (χ0v) is 15.1. The van der Waals surface area contributed by atoms with E-state index < -0.39 is 0 Å². The summed E-state index contributed by atoms with van der Waals surface area (Å²) in [5, 5.41) is 7.79. The molecule has 0 unspecified atom stereocenters. The van der Waals surface area contributed by atoms with Crippen LogP contribution in [0.4, 0.5) is 5.95 Å². The molecule has 3 aromatic rings. The second-order valence-electron chi connectivity index (χ2n) is 6.05. The lowest BCUT2D eigenvalue weighted by molar-refractivity contribution is 0.609. The Labute approximate surface area is 149 Å². The molecule has 1 aliphatic heterocycles. The van der Waals surface area contributed by atoms with E-state index in [0.717, 1.165) is 21.7 Å². The average Bonchev–Trinajstić information content (AvgIpc) is 3.03. The van der Waals surface area contributed by atoms with Crippen LogP contribution in [-0.4, -0.2) is 14.8 Å². The minimum absolute atomic E-state index is 0.0306. The van der Waals surface area contributed by atoms with Gasteiger partial charge in [-0.25, -0.2) is 4.68 Å². The van der Waals surface area contributed by atoms with Crippen molar-refractivity contribution in [1.29, 1.82) is 0 Å². The van der Waals surface area contributed by atoms with Crippen LogP contribution in [0.3, 0.4) is 0 Å². The lowest BCUT2D eigenvalue weighted by Gasteiger charge is -2.25. The van der Waals surface area contributed by atoms with E-state index >= 15 is 0 Å². The molecule has 4 rings (SSSR count). The van der Waals surface area contributed by atoms with Gasteiger partial charge in [-0.2, -0.15) is 10.1 Å². The van der Waals surface area contributed by atoms with Crippen molar-refractivity contribution in [3.8, 4) is 0 Å². The fraction of sp³-hybridized carbons (Fsp3) is 0.158. The normalized spacial score (nSPS) is 16.3. The first-order chi connectivity index (χ1) is 11.6. The van der Waals surface area contributed by atoms with Crippen molar-refractivity contribution >= 4 is 27.6 Å². The third-order valence-corrected chi connectivity index (χ3v) is 4.84. The maximum absolute atomic E-state index is 4.41. The number of hydrogen-bond donors (Lipinski definition) is 1. The smallest absolute Gasteiger partial charge is 0.226 e. The van der Waals surface area contributed by atoms with Crippen LogP contribution in [0.25, 0.3) is 5.70 Å². The SMILES string of the molecule is Cc1ccc([C@@H]2C=C(c3ccc(Br)cc3)Nc3ncnn32)c(C)c1. The lowest BCUT2D eigenvalue weighted by Crippen LogP contribution is -2.20. The minimum Gasteiger partial charge on any atom is -0.324 e. The molecular formula is C19H17BrN4. The van der Waals surface area contributed by atoms with Gasteiger partial charge in [0, 0.05) is 10.2 Å². The highest BCUT2D eigenvalue weighted by Gasteiger charge is 2.24. The highest BCUT2D eigenvalue weighted by Crippen LogP contribution is 2.33. The number of aryl methyl sites for hydroxylation is 2. The summed E-state index contributed by atoms with van der Waals surface area (Å²) in [5.74, 6) is 0.764. The van der Waals surface area contributed by atoms with Gasteiger partial charge in [-0.15, -0.1) is 0 Å². The molecular weight excluding hydrogens is 364 g/mol. The van der Waals surface area contributed by atoms with Crippen molar-refractivity contribution in [2.75, 3.05) is 5.32 Å². The maximum atomic E-state index is 4.41. The quantitative estimate of drug-likeness (QED) is 0.699. The van der Waals surface area contributed by atoms with E-state index in [9.17, 15) is 0 Å². The molecule has 5 heteroatoms. The van der Waals surface area contributed by atoms with E-state index in [0.29, 0.717) is 0 Å². The van der Waals surface area contributed by atoms with Gasteiger partial charge in [0.05, 0.1) is 0 Å². The molecule has 0 saturated heterocycles. The Morgan fingerprint density at radius 3 is 2.62 bits per heavy atom. The number of nitrogens with zero attached hydrogens (tertiary/aromatic N) is 3. The first kappa shape index (κ1) is 15.1. The summed E-state index contributed by atoms with van der Waals surface area (Å²) in [6.07, 6.45) is 3.81. The Morgan fingerprint density at radius 1 is 1.08 bits per heavy atom. The molecule has 0 bridgehead atoms. The van der Waals surface area contributed by atoms with E-state index in [4.69, 9.17) is 0 Å². The molecule has 0 spiro atoms. The first-order valence-electron chi connectivity index (χ1n) is 7.83. The number of benzene rings is 2. The number of halogens is 1. The molecule has 120 valence electrons. The molecule has 1 aromatic heterocycles. The molecule has 24 heavy (non-hydrogen) atoms. The van der Waals surface area contributed by atoms with Crippen molar-refractivity contribution in [2.45, 2.75) is 19.9 Å². The Bertz CT molecular complexity index is 925. The third kappa shape index (κ3) is 2.65. The highest BCUT2D eigenvalue weighted by atomic mass is 79.9. The summed E-state index contributed by atoms with van der Waals surface area (Å²) in [7, 11) is 0. The van der Waals surface area contributed by atoms with Gasteiger partial charge in [-0.1, -0.05) is 51.8 Å². The van der Waals surface area contributed by atoms with Crippen LogP contribution in [0.2, 0.25) is 0 Å². The largest absolute Gasteiger partial charge is 0.324 e. The molecule has 0 aliphatic carbocycles. The van der Waals surface area contributed by atoms with Crippen molar-refractivity contribution in [1.82, 2.24) is 14.8 Å². The molecule has 2 aromatic carbocycles. The number of rotatable bonds is 2. The summed E-state index contributed by atoms with van der Waals surface area (Å²) < 4.78 is 3.00. The summed E-state index contributed by atoms with van der Waals surface area (Å²) >= 11 is 3.49. The van der Waals surface area contributed by atoms with Crippen molar-refractivity contribution in [2.24, 2.45) is 0 Å². The number of fused-ring (bicyclic) bond motifs is 1. The topological polar surface area (TPSA) is 42.7 Å². The van der Waals surface area contributed by atoms with E-state index in [1.165, 1.54) is 16.7 Å². The molecule has 2 heterocycles. The van der Waals surface area contributed by atoms with Crippen LogP contribution in [-0.2, 0) is 0 Å². The van der Waals surface area contributed by atoms with E-state index in [1.807, 2.05) is 16.8 Å².